The topological polar surface area (TPSA) is 63.0 Å². The van der Waals surface area contributed by atoms with Gasteiger partial charge in [-0.05, 0) is 6.42 Å². The predicted molar refractivity (Wildman–Crippen MR) is 49.2 cm³/mol. The molecule has 1 unspecified atom stereocenters. The smallest absolute Gasteiger partial charge is 0.0692 e. The van der Waals surface area contributed by atoms with Crippen molar-refractivity contribution in [2.75, 3.05) is 13.1 Å². The van der Waals surface area contributed by atoms with Gasteiger partial charge in [-0.2, -0.15) is 0 Å². The fourth-order valence-electron chi connectivity index (χ4n) is 0.959. The fourth-order valence-corrected chi connectivity index (χ4v) is 0.959. The third-order valence-corrected chi connectivity index (χ3v) is 1.84. The first-order valence-electron chi connectivity index (χ1n) is 4.55. The van der Waals surface area contributed by atoms with Gasteiger partial charge in [0.1, 0.15) is 0 Å². The number of hydrogen-bond acceptors (Lipinski definition) is 4. The molecule has 0 aliphatic heterocycles. The van der Waals surface area contributed by atoms with Crippen molar-refractivity contribution in [2.45, 2.75) is 26.0 Å². The number of aromatic nitrogens is 3. The Morgan fingerprint density at radius 1 is 1.62 bits per heavy atom. The van der Waals surface area contributed by atoms with Crippen LogP contribution in [0.25, 0.3) is 0 Å². The summed E-state index contributed by atoms with van der Waals surface area (Å²) in [5.74, 6) is 0. The summed E-state index contributed by atoms with van der Waals surface area (Å²) in [6, 6.07) is 0. The Morgan fingerprint density at radius 3 is 3.08 bits per heavy atom. The van der Waals surface area contributed by atoms with E-state index < -0.39 is 0 Å². The molecule has 0 aliphatic carbocycles. The fraction of sp³-hybridized carbons (Fsp3) is 0.750. The van der Waals surface area contributed by atoms with Crippen LogP contribution in [-0.4, -0.2) is 39.3 Å². The van der Waals surface area contributed by atoms with Gasteiger partial charge in [0, 0.05) is 19.3 Å². The van der Waals surface area contributed by atoms with E-state index in [1.165, 1.54) is 0 Å². The molecule has 2 N–H and O–H groups in total. The molecule has 0 amide bonds. The summed E-state index contributed by atoms with van der Waals surface area (Å²) >= 11 is 0. The van der Waals surface area contributed by atoms with Crippen molar-refractivity contribution in [3.05, 3.63) is 12.4 Å². The molecular weight excluding hydrogens is 168 g/mol. The van der Waals surface area contributed by atoms with Crippen LogP contribution in [-0.2, 0) is 6.54 Å². The van der Waals surface area contributed by atoms with Gasteiger partial charge in [0.05, 0.1) is 18.8 Å². The van der Waals surface area contributed by atoms with Crippen molar-refractivity contribution in [2.24, 2.45) is 0 Å². The number of nitrogens with one attached hydrogen (secondary N) is 1. The molecule has 1 aromatic rings. The van der Waals surface area contributed by atoms with Crippen molar-refractivity contribution in [1.29, 1.82) is 0 Å². The van der Waals surface area contributed by atoms with Crippen molar-refractivity contribution < 1.29 is 5.11 Å². The molecular formula is C8H16N4O. The minimum Gasteiger partial charge on any atom is -0.392 e. The summed E-state index contributed by atoms with van der Waals surface area (Å²) in [4.78, 5) is 0. The highest BCUT2D eigenvalue weighted by Gasteiger charge is 1.98. The highest BCUT2D eigenvalue weighted by Crippen LogP contribution is 1.86. The maximum atomic E-state index is 9.22. The van der Waals surface area contributed by atoms with Gasteiger partial charge in [-0.15, -0.1) is 5.10 Å². The summed E-state index contributed by atoms with van der Waals surface area (Å²) in [6.45, 7) is 4.20. The third kappa shape index (κ3) is 4.00. The quantitative estimate of drug-likeness (QED) is 0.593. The number of nitrogens with zero attached hydrogens (tertiary/aromatic N) is 3. The van der Waals surface area contributed by atoms with Crippen molar-refractivity contribution >= 4 is 0 Å². The van der Waals surface area contributed by atoms with E-state index in [1.54, 1.807) is 10.9 Å². The normalized spacial score (nSPS) is 13.1. The molecule has 0 saturated heterocycles. The lowest BCUT2D eigenvalue weighted by molar-refractivity contribution is 0.167. The van der Waals surface area contributed by atoms with Gasteiger partial charge < -0.3 is 10.4 Å². The molecule has 1 atom stereocenters. The van der Waals surface area contributed by atoms with E-state index in [4.69, 9.17) is 0 Å². The molecule has 5 heteroatoms. The number of aliphatic hydroxyl groups excluding tert-OH is 1. The maximum absolute atomic E-state index is 9.22. The second-order valence-electron chi connectivity index (χ2n) is 2.93. The second kappa shape index (κ2) is 5.66. The first-order chi connectivity index (χ1) is 6.33. The summed E-state index contributed by atoms with van der Waals surface area (Å²) in [5.41, 5.74) is 0. The second-order valence-corrected chi connectivity index (χ2v) is 2.93. The SMILES string of the molecule is CCC(O)CNCCn1ccnn1. The maximum Gasteiger partial charge on any atom is 0.0692 e. The summed E-state index contributed by atoms with van der Waals surface area (Å²) < 4.78 is 1.76. The van der Waals surface area contributed by atoms with E-state index in [0.29, 0.717) is 6.54 Å². The van der Waals surface area contributed by atoms with Gasteiger partial charge in [0.2, 0.25) is 0 Å². The van der Waals surface area contributed by atoms with Crippen LogP contribution in [0, 0.1) is 0 Å². The first-order valence-corrected chi connectivity index (χ1v) is 4.55. The minimum atomic E-state index is -0.240. The Labute approximate surface area is 77.8 Å². The zero-order valence-corrected chi connectivity index (χ0v) is 7.85. The lowest BCUT2D eigenvalue weighted by atomic mass is 10.3. The van der Waals surface area contributed by atoms with Crippen LogP contribution >= 0.6 is 0 Å². The molecule has 1 heterocycles. The Morgan fingerprint density at radius 2 is 2.46 bits per heavy atom. The average Bonchev–Trinajstić information content (AvgIpc) is 2.64. The number of rotatable bonds is 6. The Hall–Kier alpha value is -0.940. The van der Waals surface area contributed by atoms with E-state index in [9.17, 15) is 5.11 Å². The molecule has 0 aromatic carbocycles. The van der Waals surface area contributed by atoms with Crippen LogP contribution in [0.15, 0.2) is 12.4 Å². The summed E-state index contributed by atoms with van der Waals surface area (Å²) in [6.07, 6.45) is 4.02. The van der Waals surface area contributed by atoms with Crippen LogP contribution in [0.5, 0.6) is 0 Å². The molecule has 1 aromatic heterocycles. The molecule has 5 nitrogen and oxygen atoms in total. The van der Waals surface area contributed by atoms with E-state index in [2.05, 4.69) is 15.6 Å². The van der Waals surface area contributed by atoms with Gasteiger partial charge in [-0.3, -0.25) is 4.68 Å². The van der Waals surface area contributed by atoms with Crippen LogP contribution in [0.2, 0.25) is 0 Å². The Balaban J connectivity index is 2.02. The van der Waals surface area contributed by atoms with Gasteiger partial charge >= 0.3 is 0 Å². The van der Waals surface area contributed by atoms with Crippen LogP contribution < -0.4 is 5.32 Å². The molecule has 0 aliphatic rings. The highest BCUT2D eigenvalue weighted by atomic mass is 16.3. The first kappa shape index (κ1) is 10.1. The number of hydrogen-bond donors (Lipinski definition) is 2. The largest absolute Gasteiger partial charge is 0.392 e. The molecule has 0 radical (unpaired) electrons. The van der Waals surface area contributed by atoms with Crippen molar-refractivity contribution in [3.63, 3.8) is 0 Å². The lowest BCUT2D eigenvalue weighted by Gasteiger charge is -2.08. The molecule has 0 bridgehead atoms. The zero-order chi connectivity index (χ0) is 9.52. The van der Waals surface area contributed by atoms with Gasteiger partial charge in [0.25, 0.3) is 0 Å². The highest BCUT2D eigenvalue weighted by molar-refractivity contribution is 4.64. The predicted octanol–water partition coefficient (Wildman–Crippen LogP) is -0.361. The van der Waals surface area contributed by atoms with Gasteiger partial charge in [-0.1, -0.05) is 12.1 Å². The molecule has 1 rings (SSSR count). The third-order valence-electron chi connectivity index (χ3n) is 1.84. The minimum absolute atomic E-state index is 0.240. The van der Waals surface area contributed by atoms with E-state index in [1.807, 2.05) is 13.1 Å². The Bertz CT molecular complexity index is 212. The van der Waals surface area contributed by atoms with Crippen LogP contribution in [0.4, 0.5) is 0 Å². The van der Waals surface area contributed by atoms with Crippen LogP contribution in [0.1, 0.15) is 13.3 Å². The molecule has 13 heavy (non-hydrogen) atoms. The molecule has 0 spiro atoms. The van der Waals surface area contributed by atoms with E-state index >= 15 is 0 Å². The Kier molecular flexibility index (Phi) is 4.42. The monoisotopic (exact) mass is 184 g/mol. The van der Waals surface area contributed by atoms with Gasteiger partial charge in [-0.25, -0.2) is 0 Å². The molecule has 0 fully saturated rings. The van der Waals surface area contributed by atoms with Crippen molar-refractivity contribution in [3.8, 4) is 0 Å². The van der Waals surface area contributed by atoms with Crippen molar-refractivity contribution in [1.82, 2.24) is 20.3 Å². The zero-order valence-electron chi connectivity index (χ0n) is 7.85. The number of aliphatic hydroxyl groups is 1. The average molecular weight is 184 g/mol. The standard InChI is InChI=1S/C8H16N4O/c1-2-8(13)7-9-3-5-12-6-4-10-11-12/h4,6,8-9,13H,2-3,5,7H2,1H3. The van der Waals surface area contributed by atoms with Gasteiger partial charge in [0.15, 0.2) is 0 Å². The lowest BCUT2D eigenvalue weighted by Crippen LogP contribution is -2.29. The summed E-state index contributed by atoms with van der Waals surface area (Å²) in [5, 5.41) is 19.9. The molecule has 0 saturated carbocycles. The van der Waals surface area contributed by atoms with E-state index in [0.717, 1.165) is 19.5 Å². The molecule has 74 valence electrons. The van der Waals surface area contributed by atoms with Crippen LogP contribution in [0.3, 0.4) is 0 Å². The van der Waals surface area contributed by atoms with E-state index in [-0.39, 0.29) is 6.10 Å². The summed E-state index contributed by atoms with van der Waals surface area (Å²) in [7, 11) is 0.